The van der Waals surface area contributed by atoms with Crippen molar-refractivity contribution in [1.82, 2.24) is 25.4 Å². The highest BCUT2D eigenvalue weighted by atomic mass is 127. The van der Waals surface area contributed by atoms with Crippen LogP contribution in [0.3, 0.4) is 0 Å². The second kappa shape index (κ2) is 12.1. The maximum absolute atomic E-state index is 13.0. The molecule has 0 atom stereocenters. The lowest BCUT2D eigenvalue weighted by Gasteiger charge is -2.12. The van der Waals surface area contributed by atoms with Crippen molar-refractivity contribution in [2.45, 2.75) is 26.4 Å². The van der Waals surface area contributed by atoms with Gasteiger partial charge in [0.25, 0.3) is 0 Å². The predicted octanol–water partition coefficient (Wildman–Crippen LogP) is 2.87. The van der Waals surface area contributed by atoms with E-state index in [9.17, 15) is 4.39 Å². The summed E-state index contributed by atoms with van der Waals surface area (Å²) >= 11 is 1.82. The van der Waals surface area contributed by atoms with Gasteiger partial charge in [-0.05, 0) is 43.0 Å². The van der Waals surface area contributed by atoms with Gasteiger partial charge >= 0.3 is 0 Å². The fourth-order valence-electron chi connectivity index (χ4n) is 2.13. The first-order valence-electron chi connectivity index (χ1n) is 8.20. The highest BCUT2D eigenvalue weighted by Gasteiger charge is 2.06. The van der Waals surface area contributed by atoms with Crippen molar-refractivity contribution in [1.29, 1.82) is 0 Å². The number of hydrogen-bond donors (Lipinski definition) is 2. The lowest BCUT2D eigenvalue weighted by molar-refractivity contribution is 0.627. The second-order valence-electron chi connectivity index (χ2n) is 5.64. The van der Waals surface area contributed by atoms with Crippen LogP contribution in [0.25, 0.3) is 0 Å². The monoisotopic (exact) mass is 492 g/mol. The van der Waals surface area contributed by atoms with E-state index in [4.69, 9.17) is 0 Å². The minimum Gasteiger partial charge on any atom is -0.356 e. The Hall–Kier alpha value is -1.36. The molecule has 0 bridgehead atoms. The Balaban J connectivity index is 0.00000338. The van der Waals surface area contributed by atoms with Crippen LogP contribution in [0.5, 0.6) is 0 Å². The number of aromatic nitrogens is 3. The standard InChI is InChI=1S/C17H25FN6S.HI/c1-13-22-23-16(24(13)2)12-21-17(19-9-4-10-25-3)20-11-14-5-7-15(18)8-6-14;/h5-8H,4,9-12H2,1-3H3,(H2,19,20,21);1H. The van der Waals surface area contributed by atoms with Gasteiger partial charge < -0.3 is 15.2 Å². The summed E-state index contributed by atoms with van der Waals surface area (Å²) in [5.41, 5.74) is 0.959. The molecule has 26 heavy (non-hydrogen) atoms. The number of aliphatic imine (C=N–C) groups is 1. The van der Waals surface area contributed by atoms with Crippen molar-refractivity contribution in [3.05, 3.63) is 47.3 Å². The molecule has 2 rings (SSSR count). The number of thioether (sulfide) groups is 1. The van der Waals surface area contributed by atoms with Crippen LogP contribution in [0.4, 0.5) is 4.39 Å². The first kappa shape index (κ1) is 22.7. The molecule has 0 aliphatic carbocycles. The maximum atomic E-state index is 13.0. The fraction of sp³-hybridized carbons (Fsp3) is 0.471. The van der Waals surface area contributed by atoms with E-state index in [1.54, 1.807) is 12.1 Å². The van der Waals surface area contributed by atoms with E-state index in [1.165, 1.54) is 12.1 Å². The average Bonchev–Trinajstić information content (AvgIpc) is 2.93. The van der Waals surface area contributed by atoms with Crippen LogP contribution in [0.2, 0.25) is 0 Å². The number of nitrogens with zero attached hydrogens (tertiary/aromatic N) is 4. The summed E-state index contributed by atoms with van der Waals surface area (Å²) in [6.07, 6.45) is 3.15. The number of halogens is 2. The van der Waals surface area contributed by atoms with Crippen LogP contribution in [0.1, 0.15) is 23.6 Å². The van der Waals surface area contributed by atoms with Crippen LogP contribution in [-0.4, -0.2) is 39.3 Å². The minimum absolute atomic E-state index is 0. The normalized spacial score (nSPS) is 11.2. The van der Waals surface area contributed by atoms with E-state index >= 15 is 0 Å². The molecule has 0 unspecified atom stereocenters. The zero-order chi connectivity index (χ0) is 18.1. The van der Waals surface area contributed by atoms with E-state index < -0.39 is 0 Å². The summed E-state index contributed by atoms with van der Waals surface area (Å²) in [6, 6.07) is 6.39. The first-order chi connectivity index (χ1) is 12.1. The summed E-state index contributed by atoms with van der Waals surface area (Å²) in [6.45, 7) is 3.78. The van der Waals surface area contributed by atoms with Gasteiger partial charge in [-0.25, -0.2) is 9.38 Å². The molecule has 0 saturated heterocycles. The SMILES string of the molecule is CSCCCNC(=NCc1ccc(F)cc1)NCc1nnc(C)n1C.I. The molecule has 2 N–H and O–H groups in total. The molecular weight excluding hydrogens is 466 g/mol. The molecule has 0 fully saturated rings. The Morgan fingerprint density at radius 1 is 1.23 bits per heavy atom. The fourth-order valence-corrected chi connectivity index (χ4v) is 2.56. The van der Waals surface area contributed by atoms with Gasteiger partial charge in [-0.3, -0.25) is 0 Å². The van der Waals surface area contributed by atoms with Gasteiger partial charge in [-0.1, -0.05) is 12.1 Å². The van der Waals surface area contributed by atoms with Crippen molar-refractivity contribution < 1.29 is 4.39 Å². The summed E-state index contributed by atoms with van der Waals surface area (Å²) in [5, 5.41) is 14.8. The number of aryl methyl sites for hydroxylation is 1. The topological polar surface area (TPSA) is 67.1 Å². The van der Waals surface area contributed by atoms with Crippen LogP contribution in [-0.2, 0) is 20.1 Å². The number of benzene rings is 1. The van der Waals surface area contributed by atoms with Crippen molar-refractivity contribution >= 4 is 41.7 Å². The van der Waals surface area contributed by atoms with Crippen LogP contribution < -0.4 is 10.6 Å². The van der Waals surface area contributed by atoms with Gasteiger partial charge in [0.05, 0.1) is 13.1 Å². The summed E-state index contributed by atoms with van der Waals surface area (Å²) < 4.78 is 14.9. The van der Waals surface area contributed by atoms with Gasteiger partial charge in [0, 0.05) is 13.6 Å². The highest BCUT2D eigenvalue weighted by Crippen LogP contribution is 2.04. The Morgan fingerprint density at radius 2 is 1.96 bits per heavy atom. The van der Waals surface area contributed by atoms with E-state index in [1.807, 2.05) is 30.3 Å². The lowest BCUT2D eigenvalue weighted by atomic mass is 10.2. The molecule has 0 aliphatic rings. The van der Waals surface area contributed by atoms with Gasteiger partial charge in [0.15, 0.2) is 11.8 Å². The lowest BCUT2D eigenvalue weighted by Crippen LogP contribution is -2.38. The average molecular weight is 492 g/mol. The van der Waals surface area contributed by atoms with E-state index in [0.717, 1.165) is 35.9 Å². The minimum atomic E-state index is -0.237. The van der Waals surface area contributed by atoms with E-state index in [0.29, 0.717) is 19.0 Å². The quantitative estimate of drug-likeness (QED) is 0.257. The highest BCUT2D eigenvalue weighted by molar-refractivity contribution is 14.0. The largest absolute Gasteiger partial charge is 0.356 e. The van der Waals surface area contributed by atoms with Gasteiger partial charge in [0.1, 0.15) is 11.6 Å². The third-order valence-electron chi connectivity index (χ3n) is 3.75. The molecule has 2 aromatic rings. The molecule has 0 aliphatic heterocycles. The number of hydrogen-bond acceptors (Lipinski definition) is 4. The summed E-state index contributed by atoms with van der Waals surface area (Å²) in [4.78, 5) is 4.58. The van der Waals surface area contributed by atoms with Gasteiger partial charge in [-0.2, -0.15) is 11.8 Å². The van der Waals surface area contributed by atoms with Crippen molar-refractivity contribution in [3.63, 3.8) is 0 Å². The molecular formula is C17H26FIN6S. The molecule has 144 valence electrons. The Labute approximate surface area is 175 Å². The zero-order valence-corrected chi connectivity index (χ0v) is 18.5. The predicted molar refractivity (Wildman–Crippen MR) is 117 cm³/mol. The molecule has 6 nitrogen and oxygen atoms in total. The van der Waals surface area contributed by atoms with Crippen LogP contribution in [0, 0.1) is 12.7 Å². The number of nitrogens with one attached hydrogen (secondary N) is 2. The van der Waals surface area contributed by atoms with Gasteiger partial charge in [-0.15, -0.1) is 34.2 Å². The zero-order valence-electron chi connectivity index (χ0n) is 15.3. The van der Waals surface area contributed by atoms with E-state index in [2.05, 4.69) is 32.1 Å². The number of guanidine groups is 1. The molecule has 0 saturated carbocycles. The molecule has 0 spiro atoms. The molecule has 1 heterocycles. The Morgan fingerprint density at radius 3 is 2.58 bits per heavy atom. The molecule has 0 amide bonds. The molecule has 0 radical (unpaired) electrons. The third-order valence-corrected chi connectivity index (χ3v) is 4.44. The van der Waals surface area contributed by atoms with Crippen molar-refractivity contribution in [3.8, 4) is 0 Å². The molecule has 1 aromatic heterocycles. The summed E-state index contributed by atoms with van der Waals surface area (Å²) in [5.74, 6) is 3.29. The van der Waals surface area contributed by atoms with Crippen molar-refractivity contribution in [2.24, 2.45) is 12.0 Å². The smallest absolute Gasteiger partial charge is 0.191 e. The van der Waals surface area contributed by atoms with Crippen LogP contribution in [0.15, 0.2) is 29.3 Å². The third kappa shape index (κ3) is 7.48. The Kier molecular flexibility index (Phi) is 10.6. The maximum Gasteiger partial charge on any atom is 0.191 e. The molecule has 9 heteroatoms. The van der Waals surface area contributed by atoms with E-state index in [-0.39, 0.29) is 29.8 Å². The second-order valence-corrected chi connectivity index (χ2v) is 6.63. The van der Waals surface area contributed by atoms with Crippen molar-refractivity contribution in [2.75, 3.05) is 18.6 Å². The first-order valence-corrected chi connectivity index (χ1v) is 9.60. The van der Waals surface area contributed by atoms with Gasteiger partial charge in [0.2, 0.25) is 0 Å². The number of rotatable bonds is 8. The molecule has 1 aromatic carbocycles. The van der Waals surface area contributed by atoms with Crippen LogP contribution >= 0.6 is 35.7 Å². The summed E-state index contributed by atoms with van der Waals surface area (Å²) in [7, 11) is 1.94. The Bertz CT molecular complexity index is 689.